The van der Waals surface area contributed by atoms with Gasteiger partial charge in [-0.25, -0.2) is 4.79 Å². The second-order valence-corrected chi connectivity index (χ2v) is 4.55. The summed E-state index contributed by atoms with van der Waals surface area (Å²) in [6.07, 6.45) is -0.741. The Kier molecular flexibility index (Phi) is 4.37. The van der Waals surface area contributed by atoms with Gasteiger partial charge in [0.1, 0.15) is 5.75 Å². The topological polar surface area (TPSA) is 76.0 Å². The van der Waals surface area contributed by atoms with Crippen LogP contribution in [0.3, 0.4) is 0 Å². The second kappa shape index (κ2) is 6.21. The smallest absolute Gasteiger partial charge is 0.452 e. The van der Waals surface area contributed by atoms with Gasteiger partial charge in [-0.1, -0.05) is 5.11 Å². The van der Waals surface area contributed by atoms with Crippen molar-refractivity contribution in [2.24, 2.45) is 10.2 Å². The van der Waals surface area contributed by atoms with Gasteiger partial charge < -0.3 is 14.5 Å². The molecule has 1 aromatic carbocycles. The predicted molar refractivity (Wildman–Crippen MR) is 79.2 cm³/mol. The van der Waals surface area contributed by atoms with Gasteiger partial charge >= 0.3 is 6.09 Å². The molecular weight excluding hydrogens is 270 g/mol. The quantitative estimate of drug-likeness (QED) is 0.861. The van der Waals surface area contributed by atoms with E-state index in [2.05, 4.69) is 26.0 Å². The van der Waals surface area contributed by atoms with Crippen LogP contribution in [0.1, 0.15) is 11.4 Å². The number of aromatic nitrogens is 1. The van der Waals surface area contributed by atoms with Gasteiger partial charge in [-0.2, -0.15) is 0 Å². The molecule has 6 heteroatoms. The van der Waals surface area contributed by atoms with Crippen LogP contribution >= 0.6 is 0 Å². The number of ether oxygens (including phenoxy) is 2. The molecule has 0 radical (unpaired) electrons. The van der Waals surface area contributed by atoms with E-state index in [1.807, 2.05) is 19.9 Å². The molecule has 1 amide bonds. The summed E-state index contributed by atoms with van der Waals surface area (Å²) >= 11 is 0. The molecule has 0 atom stereocenters. The van der Waals surface area contributed by atoms with Crippen LogP contribution in [0.15, 0.2) is 34.5 Å². The van der Waals surface area contributed by atoms with Crippen LogP contribution in [0, 0.1) is 13.8 Å². The van der Waals surface area contributed by atoms with Gasteiger partial charge in [-0.15, -0.1) is 5.11 Å². The minimum Gasteiger partial charge on any atom is -0.496 e. The number of H-pyrrole nitrogens is 1. The first-order valence-corrected chi connectivity index (χ1v) is 6.39. The highest BCUT2D eigenvalue weighted by Crippen LogP contribution is 2.35. The van der Waals surface area contributed by atoms with Crippen molar-refractivity contribution in [2.75, 3.05) is 14.2 Å². The number of amides is 1. The number of azo groups is 1. The molecule has 0 unspecified atom stereocenters. The minimum absolute atomic E-state index is 0.519. The molecule has 2 rings (SSSR count). The molecule has 1 heterocycles. The summed E-state index contributed by atoms with van der Waals surface area (Å²) in [4.78, 5) is 14.2. The van der Waals surface area contributed by atoms with Gasteiger partial charge in [0.25, 0.3) is 0 Å². The number of benzene rings is 1. The van der Waals surface area contributed by atoms with E-state index in [1.54, 1.807) is 19.2 Å². The maximum atomic E-state index is 11.0. The van der Waals surface area contributed by atoms with Crippen molar-refractivity contribution in [3.05, 3.63) is 35.7 Å². The van der Waals surface area contributed by atoms with Gasteiger partial charge in [-0.05, 0) is 32.0 Å². The molecule has 2 aromatic rings. The fraction of sp³-hybridized carbons (Fsp3) is 0.267. The molecule has 0 bridgehead atoms. The number of hydrogen-bond acceptors (Lipinski definition) is 4. The summed E-state index contributed by atoms with van der Waals surface area (Å²) in [5, 5.41) is 7.23. The largest absolute Gasteiger partial charge is 0.496 e. The molecule has 0 spiro atoms. The number of hydrogen-bond donors (Lipinski definition) is 1. The first kappa shape index (κ1) is 14.8. The highest BCUT2D eigenvalue weighted by atomic mass is 16.5. The fourth-order valence-electron chi connectivity index (χ4n) is 2.11. The van der Waals surface area contributed by atoms with Crippen LogP contribution in [-0.4, -0.2) is 25.3 Å². The molecule has 0 saturated carbocycles. The zero-order chi connectivity index (χ0) is 15.4. The minimum atomic E-state index is -0.741. The zero-order valence-corrected chi connectivity index (χ0v) is 12.4. The van der Waals surface area contributed by atoms with E-state index in [0.29, 0.717) is 11.4 Å². The van der Waals surface area contributed by atoms with Crippen LogP contribution in [0.5, 0.6) is 5.75 Å². The van der Waals surface area contributed by atoms with Crippen LogP contribution in [0.4, 0.5) is 10.5 Å². The third-order valence-electron chi connectivity index (χ3n) is 3.05. The molecule has 0 fully saturated rings. The Morgan fingerprint density at radius 2 is 1.90 bits per heavy atom. The van der Waals surface area contributed by atoms with E-state index < -0.39 is 6.09 Å². The van der Waals surface area contributed by atoms with E-state index in [-0.39, 0.29) is 0 Å². The van der Waals surface area contributed by atoms with Gasteiger partial charge in [0.15, 0.2) is 0 Å². The Morgan fingerprint density at radius 3 is 2.48 bits per heavy atom. The van der Waals surface area contributed by atoms with E-state index in [4.69, 9.17) is 4.74 Å². The summed E-state index contributed by atoms with van der Waals surface area (Å²) in [6, 6.07) is 7.44. The second-order valence-electron chi connectivity index (χ2n) is 4.55. The predicted octanol–water partition coefficient (Wildman–Crippen LogP) is 4.16. The lowest BCUT2D eigenvalue weighted by Crippen LogP contribution is -1.90. The molecule has 6 nitrogen and oxygen atoms in total. The van der Waals surface area contributed by atoms with Crippen molar-refractivity contribution in [1.29, 1.82) is 0 Å². The lowest BCUT2D eigenvalue weighted by molar-refractivity contribution is 0.181. The fourth-order valence-corrected chi connectivity index (χ4v) is 2.11. The number of nitrogens with zero attached hydrogens (tertiary/aromatic N) is 2. The number of aryl methyl sites for hydroxylation is 2. The molecule has 0 aliphatic carbocycles. The summed E-state index contributed by atoms with van der Waals surface area (Å²) < 4.78 is 9.81. The highest BCUT2D eigenvalue weighted by molar-refractivity contribution is 5.75. The van der Waals surface area contributed by atoms with Crippen molar-refractivity contribution in [3.8, 4) is 16.9 Å². The van der Waals surface area contributed by atoms with E-state index >= 15 is 0 Å². The Labute approximate surface area is 122 Å². The van der Waals surface area contributed by atoms with Crippen LogP contribution in [-0.2, 0) is 4.74 Å². The Hall–Kier alpha value is -2.63. The standard InChI is InChI=1S/C15H17N3O3/c1-9-7-13(10(2)16-9)12-6-5-11(8-14(12)20-3)17-18-15(19)21-4/h5-8,16H,1-4H3. The van der Waals surface area contributed by atoms with E-state index in [1.165, 1.54) is 7.11 Å². The number of methoxy groups -OCH3 is 2. The molecule has 0 saturated heterocycles. The molecule has 0 aliphatic rings. The third kappa shape index (κ3) is 3.28. The van der Waals surface area contributed by atoms with E-state index in [9.17, 15) is 4.79 Å². The molecule has 1 aromatic heterocycles. The first-order chi connectivity index (χ1) is 10.0. The Balaban J connectivity index is 2.39. The number of rotatable bonds is 3. The zero-order valence-electron chi connectivity index (χ0n) is 12.4. The summed E-state index contributed by atoms with van der Waals surface area (Å²) in [5.74, 6) is 0.665. The van der Waals surface area contributed by atoms with Crippen LogP contribution < -0.4 is 4.74 Å². The van der Waals surface area contributed by atoms with Gasteiger partial charge in [0.2, 0.25) is 0 Å². The molecular formula is C15H17N3O3. The Bertz CT molecular complexity index is 689. The maximum absolute atomic E-state index is 11.0. The highest BCUT2D eigenvalue weighted by Gasteiger charge is 2.11. The Morgan fingerprint density at radius 1 is 1.14 bits per heavy atom. The van der Waals surface area contributed by atoms with Crippen molar-refractivity contribution < 1.29 is 14.3 Å². The number of nitrogens with one attached hydrogen (secondary N) is 1. The summed E-state index contributed by atoms with van der Waals surface area (Å²) in [7, 11) is 2.84. The van der Waals surface area contributed by atoms with Gasteiger partial charge in [0, 0.05) is 28.6 Å². The van der Waals surface area contributed by atoms with Crippen molar-refractivity contribution in [1.82, 2.24) is 4.98 Å². The molecule has 110 valence electrons. The van der Waals surface area contributed by atoms with E-state index in [0.717, 1.165) is 22.5 Å². The number of aromatic amines is 1. The van der Waals surface area contributed by atoms with Crippen molar-refractivity contribution in [2.45, 2.75) is 13.8 Å². The molecule has 0 aliphatic heterocycles. The normalized spacial score (nSPS) is 10.9. The van der Waals surface area contributed by atoms with Crippen LogP contribution in [0.2, 0.25) is 0 Å². The van der Waals surface area contributed by atoms with Crippen molar-refractivity contribution in [3.63, 3.8) is 0 Å². The molecule has 1 N–H and O–H groups in total. The number of carbonyl (C=O) groups is 1. The van der Waals surface area contributed by atoms with Gasteiger partial charge in [0.05, 0.1) is 19.9 Å². The monoisotopic (exact) mass is 287 g/mol. The lowest BCUT2D eigenvalue weighted by Gasteiger charge is -2.08. The SMILES string of the molecule is COC(=O)N=Nc1ccc(-c2cc(C)[nH]c2C)c(OC)c1. The van der Waals surface area contributed by atoms with Crippen molar-refractivity contribution >= 4 is 11.8 Å². The lowest BCUT2D eigenvalue weighted by atomic mass is 10.0. The van der Waals surface area contributed by atoms with Crippen LogP contribution in [0.25, 0.3) is 11.1 Å². The summed E-state index contributed by atoms with van der Waals surface area (Å²) in [5.41, 5.74) is 4.69. The maximum Gasteiger partial charge on any atom is 0.452 e. The third-order valence-corrected chi connectivity index (χ3v) is 3.05. The summed E-state index contributed by atoms with van der Waals surface area (Å²) in [6.45, 7) is 4.01. The first-order valence-electron chi connectivity index (χ1n) is 6.39. The molecule has 21 heavy (non-hydrogen) atoms. The average Bonchev–Trinajstić information content (AvgIpc) is 2.82. The number of carbonyl (C=O) groups excluding carboxylic acids is 1. The van der Waals surface area contributed by atoms with Gasteiger partial charge in [-0.3, -0.25) is 0 Å². The average molecular weight is 287 g/mol.